The van der Waals surface area contributed by atoms with Crippen molar-refractivity contribution in [3.63, 3.8) is 0 Å². The van der Waals surface area contributed by atoms with Crippen molar-refractivity contribution in [2.75, 3.05) is 6.54 Å². The Kier molecular flexibility index (Phi) is 3.43. The first-order chi connectivity index (χ1) is 9.83. The second kappa shape index (κ2) is 5.38. The Labute approximate surface area is 116 Å². The quantitative estimate of drug-likeness (QED) is 0.787. The van der Waals surface area contributed by atoms with Gasteiger partial charge >= 0.3 is 0 Å². The van der Waals surface area contributed by atoms with Crippen LogP contribution >= 0.6 is 0 Å². The number of fused-ring (bicyclic) bond motifs is 1. The topological polar surface area (TPSA) is 77.8 Å². The maximum atomic E-state index is 5.71. The van der Waals surface area contributed by atoms with Crippen molar-refractivity contribution in [2.45, 2.75) is 19.3 Å². The van der Waals surface area contributed by atoms with E-state index in [4.69, 9.17) is 10.3 Å². The van der Waals surface area contributed by atoms with Crippen molar-refractivity contribution in [2.24, 2.45) is 5.73 Å². The second-order valence-corrected chi connectivity index (χ2v) is 4.68. The van der Waals surface area contributed by atoms with Crippen molar-refractivity contribution >= 4 is 10.8 Å². The van der Waals surface area contributed by atoms with Crippen LogP contribution < -0.4 is 5.73 Å². The molecule has 0 saturated carbocycles. The van der Waals surface area contributed by atoms with Crippen LogP contribution in [-0.4, -0.2) is 21.7 Å². The average Bonchev–Trinajstić information content (AvgIpc) is 2.97. The highest BCUT2D eigenvalue weighted by Gasteiger charge is 2.18. The lowest BCUT2D eigenvalue weighted by molar-refractivity contribution is 0.351. The van der Waals surface area contributed by atoms with E-state index in [-0.39, 0.29) is 5.92 Å². The van der Waals surface area contributed by atoms with Gasteiger partial charge in [-0.3, -0.25) is 4.98 Å². The molecule has 0 radical (unpaired) electrons. The largest absolute Gasteiger partial charge is 0.339 e. The number of hydrogen-bond donors (Lipinski definition) is 1. The molecule has 0 saturated heterocycles. The van der Waals surface area contributed by atoms with Gasteiger partial charge in [-0.1, -0.05) is 36.3 Å². The summed E-state index contributed by atoms with van der Waals surface area (Å²) in [6.45, 7) is 2.55. The lowest BCUT2D eigenvalue weighted by Crippen LogP contribution is -2.11. The number of rotatable bonds is 4. The fraction of sp³-hybridized carbons (Fsp3) is 0.267. The standard InChI is InChI=1S/C15H16N4O/c1-2-10(9-16)15-18-14(19-20-15)13-12-6-4-3-5-11(12)7-8-17-13/h3-8,10H,2,9,16H2,1H3. The number of aromatic nitrogens is 3. The fourth-order valence-corrected chi connectivity index (χ4v) is 2.24. The van der Waals surface area contributed by atoms with Crippen molar-refractivity contribution in [1.82, 2.24) is 15.1 Å². The predicted octanol–water partition coefficient (Wildman–Crippen LogP) is 2.74. The van der Waals surface area contributed by atoms with E-state index in [9.17, 15) is 0 Å². The molecule has 3 aromatic rings. The van der Waals surface area contributed by atoms with Crippen LogP contribution in [-0.2, 0) is 0 Å². The molecule has 1 aromatic carbocycles. The molecular formula is C15H16N4O. The first-order valence-corrected chi connectivity index (χ1v) is 6.71. The first-order valence-electron chi connectivity index (χ1n) is 6.71. The van der Waals surface area contributed by atoms with Crippen molar-refractivity contribution in [3.05, 3.63) is 42.4 Å². The molecule has 20 heavy (non-hydrogen) atoms. The summed E-state index contributed by atoms with van der Waals surface area (Å²) < 4.78 is 5.33. The summed E-state index contributed by atoms with van der Waals surface area (Å²) in [6.07, 6.45) is 2.63. The molecule has 0 spiro atoms. The van der Waals surface area contributed by atoms with Gasteiger partial charge in [-0.15, -0.1) is 0 Å². The maximum Gasteiger partial charge on any atom is 0.231 e. The molecule has 2 aromatic heterocycles. The third-order valence-corrected chi connectivity index (χ3v) is 3.45. The van der Waals surface area contributed by atoms with Gasteiger partial charge in [-0.25, -0.2) is 0 Å². The predicted molar refractivity (Wildman–Crippen MR) is 77.1 cm³/mol. The van der Waals surface area contributed by atoms with E-state index < -0.39 is 0 Å². The molecule has 1 unspecified atom stereocenters. The monoisotopic (exact) mass is 268 g/mol. The summed E-state index contributed by atoms with van der Waals surface area (Å²) in [5.74, 6) is 1.20. The molecule has 1 atom stereocenters. The summed E-state index contributed by atoms with van der Waals surface area (Å²) in [5.41, 5.74) is 6.45. The number of hydrogen-bond acceptors (Lipinski definition) is 5. The smallest absolute Gasteiger partial charge is 0.231 e. The number of nitrogens with zero attached hydrogens (tertiary/aromatic N) is 3. The summed E-state index contributed by atoms with van der Waals surface area (Å²) in [5, 5.41) is 6.17. The van der Waals surface area contributed by atoms with Crippen molar-refractivity contribution in [1.29, 1.82) is 0 Å². The zero-order valence-corrected chi connectivity index (χ0v) is 11.3. The zero-order valence-electron chi connectivity index (χ0n) is 11.3. The molecule has 0 aliphatic heterocycles. The Morgan fingerprint density at radius 3 is 2.90 bits per heavy atom. The summed E-state index contributed by atoms with van der Waals surface area (Å²) >= 11 is 0. The molecule has 0 amide bonds. The van der Waals surface area contributed by atoms with E-state index in [0.717, 1.165) is 22.9 Å². The molecule has 2 N–H and O–H groups in total. The van der Waals surface area contributed by atoms with Gasteiger partial charge in [-0.2, -0.15) is 4.98 Å². The van der Waals surface area contributed by atoms with Crippen molar-refractivity contribution < 1.29 is 4.52 Å². The minimum atomic E-state index is 0.103. The van der Waals surface area contributed by atoms with Crippen LogP contribution in [0.15, 0.2) is 41.1 Å². The summed E-state index contributed by atoms with van der Waals surface area (Å²) in [6, 6.07) is 9.98. The van der Waals surface area contributed by atoms with Gasteiger partial charge in [0, 0.05) is 18.1 Å². The molecule has 5 nitrogen and oxygen atoms in total. The van der Waals surface area contributed by atoms with Crippen LogP contribution in [0.1, 0.15) is 25.2 Å². The third kappa shape index (κ3) is 2.16. The van der Waals surface area contributed by atoms with Crippen molar-refractivity contribution in [3.8, 4) is 11.5 Å². The van der Waals surface area contributed by atoms with Gasteiger partial charge in [0.2, 0.25) is 11.7 Å². The SMILES string of the molecule is CCC(CN)c1nc(-c2nccc3ccccc23)no1. The molecule has 0 aliphatic rings. The molecule has 0 fully saturated rings. The van der Waals surface area contributed by atoms with E-state index in [1.807, 2.05) is 30.3 Å². The van der Waals surface area contributed by atoms with Crippen LogP contribution in [0, 0.1) is 0 Å². The van der Waals surface area contributed by atoms with E-state index in [1.54, 1.807) is 6.20 Å². The minimum absolute atomic E-state index is 0.103. The van der Waals surface area contributed by atoms with Gasteiger partial charge < -0.3 is 10.3 Å². The van der Waals surface area contributed by atoms with Gasteiger partial charge in [-0.05, 0) is 17.9 Å². The van der Waals surface area contributed by atoms with Crippen LogP contribution in [0.5, 0.6) is 0 Å². The van der Waals surface area contributed by atoms with Gasteiger partial charge in [0.25, 0.3) is 0 Å². The highest BCUT2D eigenvalue weighted by molar-refractivity contribution is 5.92. The van der Waals surface area contributed by atoms with Crippen LogP contribution in [0.25, 0.3) is 22.3 Å². The minimum Gasteiger partial charge on any atom is -0.339 e. The molecule has 102 valence electrons. The van der Waals surface area contributed by atoms with Crippen LogP contribution in [0.4, 0.5) is 0 Å². The van der Waals surface area contributed by atoms with E-state index in [2.05, 4.69) is 22.0 Å². The molecule has 0 bridgehead atoms. The second-order valence-electron chi connectivity index (χ2n) is 4.68. The first kappa shape index (κ1) is 12.7. The van der Waals surface area contributed by atoms with E-state index in [1.165, 1.54) is 0 Å². The molecule has 0 aliphatic carbocycles. The van der Waals surface area contributed by atoms with E-state index >= 15 is 0 Å². The lowest BCUT2D eigenvalue weighted by Gasteiger charge is -2.04. The fourth-order valence-electron chi connectivity index (χ4n) is 2.24. The Balaban J connectivity index is 2.08. The molecule has 5 heteroatoms. The number of nitrogens with two attached hydrogens (primary N) is 1. The summed E-state index contributed by atoms with van der Waals surface area (Å²) in [4.78, 5) is 8.84. The Bertz CT molecular complexity index is 713. The van der Waals surface area contributed by atoms with Gasteiger partial charge in [0.1, 0.15) is 5.69 Å². The maximum absolute atomic E-state index is 5.71. The molecular weight excluding hydrogens is 252 g/mol. The number of pyridine rings is 1. The Morgan fingerprint density at radius 2 is 2.10 bits per heavy atom. The highest BCUT2D eigenvalue weighted by atomic mass is 16.5. The Morgan fingerprint density at radius 1 is 1.25 bits per heavy atom. The van der Waals surface area contributed by atoms with Gasteiger partial charge in [0.05, 0.1) is 5.92 Å². The van der Waals surface area contributed by atoms with Crippen LogP contribution in [0.3, 0.4) is 0 Å². The Hall–Kier alpha value is -2.27. The third-order valence-electron chi connectivity index (χ3n) is 3.45. The highest BCUT2D eigenvalue weighted by Crippen LogP contribution is 2.25. The molecule has 3 rings (SSSR count). The molecule has 2 heterocycles. The lowest BCUT2D eigenvalue weighted by atomic mass is 10.1. The van der Waals surface area contributed by atoms with Gasteiger partial charge in [0.15, 0.2) is 0 Å². The van der Waals surface area contributed by atoms with Crippen LogP contribution in [0.2, 0.25) is 0 Å². The van der Waals surface area contributed by atoms with E-state index in [0.29, 0.717) is 18.3 Å². The number of benzene rings is 1. The average molecular weight is 268 g/mol. The zero-order chi connectivity index (χ0) is 13.9. The normalized spacial score (nSPS) is 12.7. The summed E-state index contributed by atoms with van der Waals surface area (Å²) in [7, 11) is 0.